The molecule has 0 atom stereocenters. The van der Waals surface area contributed by atoms with Crippen LogP contribution in [0.25, 0.3) is 10.7 Å². The number of hydrogen-bond acceptors (Lipinski definition) is 5. The fraction of sp³-hybridized carbons (Fsp3) is 0.429. The molecule has 0 aromatic carbocycles. The highest BCUT2D eigenvalue weighted by Gasteiger charge is 2.17. The molecule has 0 amide bonds. The number of nitrogens with zero attached hydrogens (tertiary/aromatic N) is 2. The molecule has 0 radical (unpaired) electrons. The van der Waals surface area contributed by atoms with Gasteiger partial charge in [-0.3, -0.25) is 0 Å². The van der Waals surface area contributed by atoms with Gasteiger partial charge in [0, 0.05) is 18.1 Å². The Morgan fingerprint density at radius 1 is 1.26 bits per heavy atom. The Hall–Kier alpha value is -1.46. The third-order valence-electron chi connectivity index (χ3n) is 2.66. The van der Waals surface area contributed by atoms with E-state index in [0.717, 1.165) is 10.6 Å². The van der Waals surface area contributed by atoms with Gasteiger partial charge >= 0.3 is 0 Å². The van der Waals surface area contributed by atoms with E-state index in [1.807, 2.05) is 0 Å². The molecule has 0 aliphatic heterocycles. The van der Waals surface area contributed by atoms with Crippen LogP contribution in [0, 0.1) is 0 Å². The number of rotatable bonds is 3. The SMILES string of the molecule is COCc1cc(N)nc(-c2ccc(C(C)(C)C)s2)n1. The molecule has 0 saturated carbocycles. The first-order valence-corrected chi connectivity index (χ1v) is 6.95. The van der Waals surface area contributed by atoms with E-state index in [1.54, 1.807) is 24.5 Å². The van der Waals surface area contributed by atoms with Crippen LogP contribution >= 0.6 is 11.3 Å². The molecule has 102 valence electrons. The van der Waals surface area contributed by atoms with Crippen molar-refractivity contribution in [2.24, 2.45) is 0 Å². The fourth-order valence-corrected chi connectivity index (χ4v) is 2.71. The van der Waals surface area contributed by atoms with E-state index in [9.17, 15) is 0 Å². The fourth-order valence-electron chi connectivity index (χ4n) is 1.71. The number of ether oxygens (including phenoxy) is 1. The van der Waals surface area contributed by atoms with Gasteiger partial charge < -0.3 is 10.5 Å². The molecule has 0 spiro atoms. The Balaban J connectivity index is 2.38. The molecule has 5 heteroatoms. The zero-order valence-corrected chi connectivity index (χ0v) is 12.5. The van der Waals surface area contributed by atoms with Gasteiger partial charge in [-0.25, -0.2) is 9.97 Å². The number of nitrogen functional groups attached to an aromatic ring is 1. The average molecular weight is 277 g/mol. The quantitative estimate of drug-likeness (QED) is 0.935. The average Bonchev–Trinajstić information content (AvgIpc) is 2.77. The van der Waals surface area contributed by atoms with Crippen LogP contribution in [-0.4, -0.2) is 17.1 Å². The van der Waals surface area contributed by atoms with Gasteiger partial charge in [0.15, 0.2) is 5.82 Å². The van der Waals surface area contributed by atoms with Crippen molar-refractivity contribution in [3.05, 3.63) is 28.8 Å². The molecule has 2 aromatic heterocycles. The molecule has 0 aliphatic rings. The minimum atomic E-state index is 0.138. The Bertz CT molecular complexity index is 572. The molecule has 4 nitrogen and oxygen atoms in total. The van der Waals surface area contributed by atoms with Gasteiger partial charge in [0.25, 0.3) is 0 Å². The summed E-state index contributed by atoms with van der Waals surface area (Å²) < 4.78 is 5.09. The minimum absolute atomic E-state index is 0.138. The summed E-state index contributed by atoms with van der Waals surface area (Å²) in [5.41, 5.74) is 6.76. The van der Waals surface area contributed by atoms with E-state index in [2.05, 4.69) is 42.9 Å². The molecule has 0 fully saturated rings. The monoisotopic (exact) mass is 277 g/mol. The maximum absolute atomic E-state index is 5.82. The summed E-state index contributed by atoms with van der Waals surface area (Å²) in [5.74, 6) is 1.15. The van der Waals surface area contributed by atoms with Crippen molar-refractivity contribution in [1.82, 2.24) is 9.97 Å². The maximum Gasteiger partial charge on any atom is 0.171 e. The zero-order chi connectivity index (χ0) is 14.0. The molecule has 0 aliphatic carbocycles. The van der Waals surface area contributed by atoms with Gasteiger partial charge in [0.2, 0.25) is 0 Å². The van der Waals surface area contributed by atoms with Crippen LogP contribution in [0.1, 0.15) is 31.3 Å². The van der Waals surface area contributed by atoms with Crippen molar-refractivity contribution in [2.45, 2.75) is 32.8 Å². The lowest BCUT2D eigenvalue weighted by Crippen LogP contribution is -2.07. The molecule has 0 saturated heterocycles. The first-order chi connectivity index (χ1) is 8.90. The van der Waals surface area contributed by atoms with Crippen LogP contribution in [0.15, 0.2) is 18.2 Å². The third kappa shape index (κ3) is 3.30. The molecule has 0 bridgehead atoms. The van der Waals surface area contributed by atoms with Crippen molar-refractivity contribution in [2.75, 3.05) is 12.8 Å². The maximum atomic E-state index is 5.82. The normalized spacial score (nSPS) is 11.8. The minimum Gasteiger partial charge on any atom is -0.384 e. The molecule has 2 N–H and O–H groups in total. The van der Waals surface area contributed by atoms with Crippen LogP contribution in [0.4, 0.5) is 5.82 Å². The number of hydrogen-bond donors (Lipinski definition) is 1. The highest BCUT2D eigenvalue weighted by atomic mass is 32.1. The second-order valence-electron chi connectivity index (χ2n) is 5.45. The standard InChI is InChI=1S/C14H19N3OS/c1-14(2,3)11-6-5-10(19-11)13-16-9(8-18-4)7-12(15)17-13/h5-7H,8H2,1-4H3,(H2,15,16,17). The molecule has 2 aromatic rings. The van der Waals surface area contributed by atoms with E-state index in [0.29, 0.717) is 18.2 Å². The lowest BCUT2D eigenvalue weighted by molar-refractivity contribution is 0.181. The Morgan fingerprint density at radius 3 is 2.58 bits per heavy atom. The molecular weight excluding hydrogens is 258 g/mol. The molecule has 0 unspecified atom stereocenters. The Kier molecular flexibility index (Phi) is 3.87. The Morgan fingerprint density at radius 2 is 2.00 bits per heavy atom. The van der Waals surface area contributed by atoms with Crippen LogP contribution < -0.4 is 5.73 Å². The van der Waals surface area contributed by atoms with E-state index in [4.69, 9.17) is 10.5 Å². The smallest absolute Gasteiger partial charge is 0.171 e. The number of thiophene rings is 1. The summed E-state index contributed by atoms with van der Waals surface area (Å²) >= 11 is 1.71. The lowest BCUT2D eigenvalue weighted by Gasteiger charge is -2.15. The van der Waals surface area contributed by atoms with Gasteiger partial charge in [0.05, 0.1) is 17.2 Å². The van der Waals surface area contributed by atoms with Gasteiger partial charge in [0.1, 0.15) is 5.82 Å². The predicted molar refractivity (Wildman–Crippen MR) is 79.2 cm³/mol. The first-order valence-electron chi connectivity index (χ1n) is 6.13. The van der Waals surface area contributed by atoms with Crippen LogP contribution in [-0.2, 0) is 16.8 Å². The topological polar surface area (TPSA) is 61.0 Å². The van der Waals surface area contributed by atoms with E-state index in [-0.39, 0.29) is 5.41 Å². The number of nitrogens with two attached hydrogens (primary N) is 1. The van der Waals surface area contributed by atoms with Crippen molar-refractivity contribution in [3.63, 3.8) is 0 Å². The first kappa shape index (κ1) is 14.0. The second kappa shape index (κ2) is 5.27. The highest BCUT2D eigenvalue weighted by Crippen LogP contribution is 2.33. The number of anilines is 1. The van der Waals surface area contributed by atoms with Crippen molar-refractivity contribution in [3.8, 4) is 10.7 Å². The zero-order valence-electron chi connectivity index (χ0n) is 11.7. The van der Waals surface area contributed by atoms with E-state index in [1.165, 1.54) is 4.88 Å². The predicted octanol–water partition coefficient (Wildman–Crippen LogP) is 3.23. The Labute approximate surface area is 117 Å². The third-order valence-corrected chi connectivity index (χ3v) is 4.16. The summed E-state index contributed by atoms with van der Waals surface area (Å²) in [7, 11) is 1.64. The lowest BCUT2D eigenvalue weighted by atomic mass is 9.95. The molecule has 2 heterocycles. The van der Waals surface area contributed by atoms with E-state index >= 15 is 0 Å². The van der Waals surface area contributed by atoms with Gasteiger partial charge in [-0.15, -0.1) is 11.3 Å². The van der Waals surface area contributed by atoms with Gasteiger partial charge in [-0.2, -0.15) is 0 Å². The largest absolute Gasteiger partial charge is 0.384 e. The summed E-state index contributed by atoms with van der Waals surface area (Å²) in [6.45, 7) is 7.02. The molecule has 19 heavy (non-hydrogen) atoms. The van der Waals surface area contributed by atoms with Crippen molar-refractivity contribution in [1.29, 1.82) is 0 Å². The second-order valence-corrected chi connectivity index (χ2v) is 6.54. The van der Waals surface area contributed by atoms with Gasteiger partial charge in [-0.1, -0.05) is 20.8 Å². The van der Waals surface area contributed by atoms with Crippen LogP contribution in [0.2, 0.25) is 0 Å². The number of methoxy groups -OCH3 is 1. The van der Waals surface area contributed by atoms with E-state index < -0.39 is 0 Å². The summed E-state index contributed by atoms with van der Waals surface area (Å²) in [6.07, 6.45) is 0. The van der Waals surface area contributed by atoms with Crippen LogP contribution in [0.3, 0.4) is 0 Å². The van der Waals surface area contributed by atoms with Gasteiger partial charge in [-0.05, 0) is 17.5 Å². The summed E-state index contributed by atoms with van der Waals surface area (Å²) in [6, 6.07) is 5.92. The molecular formula is C14H19N3OS. The summed E-state index contributed by atoms with van der Waals surface area (Å²) in [5, 5.41) is 0. The summed E-state index contributed by atoms with van der Waals surface area (Å²) in [4.78, 5) is 11.1. The highest BCUT2D eigenvalue weighted by molar-refractivity contribution is 7.15. The van der Waals surface area contributed by atoms with Crippen molar-refractivity contribution < 1.29 is 4.74 Å². The van der Waals surface area contributed by atoms with Crippen molar-refractivity contribution >= 4 is 17.2 Å². The van der Waals surface area contributed by atoms with Crippen LogP contribution in [0.5, 0.6) is 0 Å². The molecule has 2 rings (SSSR count). The number of aromatic nitrogens is 2.